The van der Waals surface area contributed by atoms with Crippen molar-refractivity contribution in [2.45, 2.75) is 19.3 Å². The first-order chi connectivity index (χ1) is 12.6. The Balaban J connectivity index is 0.00000140. The SMILES string of the molecule is Cl.Cl.O=C(Nc1ccc(Oc2ncc(Cl)cc2Cl)cc1)C1CC12CCNCC2. The molecule has 1 spiro atoms. The maximum absolute atomic E-state index is 12.5. The third-order valence-corrected chi connectivity index (χ3v) is 5.69. The number of carbonyl (C=O) groups excluding carboxylic acids is 1. The van der Waals surface area contributed by atoms with Gasteiger partial charge in [-0.15, -0.1) is 24.8 Å². The fraction of sp³-hybridized carbons (Fsp3) is 0.368. The minimum absolute atomic E-state index is 0. The van der Waals surface area contributed by atoms with Crippen LogP contribution in [0.15, 0.2) is 36.5 Å². The van der Waals surface area contributed by atoms with Crippen molar-refractivity contribution in [2.75, 3.05) is 18.4 Å². The van der Waals surface area contributed by atoms with Gasteiger partial charge in [0.1, 0.15) is 10.8 Å². The minimum Gasteiger partial charge on any atom is -0.438 e. The van der Waals surface area contributed by atoms with E-state index >= 15 is 0 Å². The molecule has 1 unspecified atom stereocenters. The summed E-state index contributed by atoms with van der Waals surface area (Å²) in [5, 5.41) is 7.16. The van der Waals surface area contributed by atoms with E-state index in [9.17, 15) is 4.79 Å². The average molecular weight is 465 g/mol. The summed E-state index contributed by atoms with van der Waals surface area (Å²) in [7, 11) is 0. The summed E-state index contributed by atoms with van der Waals surface area (Å²) in [6.45, 7) is 2.02. The number of halogens is 4. The van der Waals surface area contributed by atoms with Crippen LogP contribution in [0.2, 0.25) is 10.0 Å². The van der Waals surface area contributed by atoms with Gasteiger partial charge in [0.25, 0.3) is 0 Å². The van der Waals surface area contributed by atoms with Gasteiger partial charge in [-0.1, -0.05) is 23.2 Å². The summed E-state index contributed by atoms with van der Waals surface area (Å²) in [6, 6.07) is 8.75. The highest BCUT2D eigenvalue weighted by Crippen LogP contribution is 2.58. The van der Waals surface area contributed by atoms with Crippen molar-refractivity contribution in [3.63, 3.8) is 0 Å². The summed E-state index contributed by atoms with van der Waals surface area (Å²) in [4.78, 5) is 16.6. The zero-order valence-electron chi connectivity index (χ0n) is 14.9. The van der Waals surface area contributed by atoms with Gasteiger partial charge < -0.3 is 15.4 Å². The molecule has 2 aromatic rings. The van der Waals surface area contributed by atoms with Crippen LogP contribution in [0.4, 0.5) is 5.69 Å². The van der Waals surface area contributed by atoms with Gasteiger partial charge in [0.05, 0.1) is 5.02 Å². The Labute approximate surface area is 186 Å². The number of aromatic nitrogens is 1. The maximum Gasteiger partial charge on any atom is 0.238 e. The second kappa shape index (κ2) is 9.51. The van der Waals surface area contributed by atoms with Crippen molar-refractivity contribution in [3.05, 3.63) is 46.6 Å². The van der Waals surface area contributed by atoms with Crippen molar-refractivity contribution in [2.24, 2.45) is 11.3 Å². The summed E-state index contributed by atoms with van der Waals surface area (Å²) in [5.74, 6) is 1.13. The molecule has 1 saturated carbocycles. The lowest BCUT2D eigenvalue weighted by molar-refractivity contribution is -0.118. The Morgan fingerprint density at radius 2 is 1.86 bits per heavy atom. The number of benzene rings is 1. The lowest BCUT2D eigenvalue weighted by Gasteiger charge is -2.23. The molecule has 5 nitrogen and oxygen atoms in total. The fourth-order valence-electron chi connectivity index (χ4n) is 3.62. The molecule has 4 rings (SSSR count). The number of rotatable bonds is 4. The standard InChI is InChI=1S/C19H19Cl2N3O2.2ClH/c20-12-9-16(21)18(23-11-12)26-14-3-1-13(2-4-14)24-17(25)15-10-19(15)5-7-22-8-6-19;;/h1-4,9,11,15,22H,5-8,10H2,(H,24,25);2*1H. The molecule has 1 aliphatic heterocycles. The molecule has 2 N–H and O–H groups in total. The van der Waals surface area contributed by atoms with Crippen molar-refractivity contribution in [3.8, 4) is 11.6 Å². The molecule has 28 heavy (non-hydrogen) atoms. The second-order valence-corrected chi connectivity index (χ2v) is 7.77. The predicted molar refractivity (Wildman–Crippen MR) is 117 cm³/mol. The van der Waals surface area contributed by atoms with E-state index in [4.69, 9.17) is 27.9 Å². The molecule has 1 atom stereocenters. The van der Waals surface area contributed by atoms with E-state index in [1.54, 1.807) is 18.2 Å². The normalized spacial score (nSPS) is 19.1. The van der Waals surface area contributed by atoms with Gasteiger partial charge in [-0.2, -0.15) is 0 Å². The van der Waals surface area contributed by atoms with Crippen LogP contribution in [0.25, 0.3) is 0 Å². The number of nitrogens with zero attached hydrogens (tertiary/aromatic N) is 1. The Kier molecular flexibility index (Phi) is 7.82. The molecular weight excluding hydrogens is 444 g/mol. The van der Waals surface area contributed by atoms with Crippen LogP contribution in [-0.4, -0.2) is 24.0 Å². The molecule has 2 heterocycles. The van der Waals surface area contributed by atoms with Gasteiger partial charge in [-0.25, -0.2) is 4.98 Å². The lowest BCUT2D eigenvalue weighted by atomic mass is 9.92. The molecule has 1 aromatic heterocycles. The quantitative estimate of drug-likeness (QED) is 0.639. The highest BCUT2D eigenvalue weighted by molar-refractivity contribution is 6.35. The fourth-order valence-corrected chi connectivity index (χ4v) is 4.04. The van der Waals surface area contributed by atoms with Crippen molar-refractivity contribution < 1.29 is 9.53 Å². The molecule has 0 bridgehead atoms. The summed E-state index contributed by atoms with van der Waals surface area (Å²) in [5.41, 5.74) is 0.989. The highest BCUT2D eigenvalue weighted by Gasteiger charge is 2.57. The first-order valence-electron chi connectivity index (χ1n) is 8.66. The van der Waals surface area contributed by atoms with E-state index in [-0.39, 0.29) is 42.1 Å². The number of carbonyl (C=O) groups is 1. The van der Waals surface area contributed by atoms with Crippen LogP contribution in [0.3, 0.4) is 0 Å². The monoisotopic (exact) mass is 463 g/mol. The zero-order valence-corrected chi connectivity index (χ0v) is 18.1. The van der Waals surface area contributed by atoms with Gasteiger partial charge >= 0.3 is 0 Å². The lowest BCUT2D eigenvalue weighted by Crippen LogP contribution is -2.31. The molecular formula is C19H21Cl4N3O2. The number of piperidine rings is 1. The third-order valence-electron chi connectivity index (χ3n) is 5.22. The Morgan fingerprint density at radius 3 is 2.50 bits per heavy atom. The number of hydrogen-bond donors (Lipinski definition) is 2. The van der Waals surface area contributed by atoms with Gasteiger partial charge in [0.15, 0.2) is 0 Å². The van der Waals surface area contributed by atoms with Crippen molar-refractivity contribution >= 4 is 59.6 Å². The Hall–Kier alpha value is -1.24. The van der Waals surface area contributed by atoms with E-state index in [1.807, 2.05) is 12.1 Å². The summed E-state index contributed by atoms with van der Waals surface area (Å²) < 4.78 is 5.65. The topological polar surface area (TPSA) is 63.2 Å². The highest BCUT2D eigenvalue weighted by atomic mass is 35.5. The molecule has 2 aliphatic rings. The van der Waals surface area contributed by atoms with Gasteiger partial charge in [0, 0.05) is 17.8 Å². The summed E-state index contributed by atoms with van der Waals surface area (Å²) >= 11 is 11.9. The average Bonchev–Trinajstić information content (AvgIpc) is 3.33. The molecule has 1 aliphatic carbocycles. The van der Waals surface area contributed by atoms with Crippen LogP contribution >= 0.6 is 48.0 Å². The molecule has 1 aromatic carbocycles. The largest absolute Gasteiger partial charge is 0.438 e. The van der Waals surface area contributed by atoms with Crippen LogP contribution in [0, 0.1) is 11.3 Å². The van der Waals surface area contributed by atoms with Crippen LogP contribution in [-0.2, 0) is 4.79 Å². The number of anilines is 1. The van der Waals surface area contributed by atoms with Crippen LogP contribution in [0.5, 0.6) is 11.6 Å². The van der Waals surface area contributed by atoms with E-state index in [2.05, 4.69) is 15.6 Å². The van der Waals surface area contributed by atoms with Crippen LogP contribution in [0.1, 0.15) is 19.3 Å². The predicted octanol–water partition coefficient (Wildman–Crippen LogP) is 5.35. The number of ether oxygens (including phenoxy) is 1. The number of pyridine rings is 1. The van der Waals surface area contributed by atoms with Gasteiger partial charge in [-0.05, 0) is 68.1 Å². The minimum atomic E-state index is 0. The van der Waals surface area contributed by atoms with Gasteiger partial charge in [0.2, 0.25) is 11.8 Å². The molecule has 1 saturated heterocycles. The molecule has 1 amide bonds. The molecule has 2 fully saturated rings. The second-order valence-electron chi connectivity index (χ2n) is 6.93. The van der Waals surface area contributed by atoms with E-state index in [0.717, 1.165) is 38.0 Å². The number of amides is 1. The van der Waals surface area contributed by atoms with Crippen molar-refractivity contribution in [1.82, 2.24) is 10.3 Å². The Morgan fingerprint density at radius 1 is 1.18 bits per heavy atom. The zero-order chi connectivity index (χ0) is 18.1. The molecule has 0 radical (unpaired) electrons. The molecule has 152 valence electrons. The van der Waals surface area contributed by atoms with E-state index < -0.39 is 0 Å². The summed E-state index contributed by atoms with van der Waals surface area (Å²) in [6.07, 6.45) is 4.66. The smallest absolute Gasteiger partial charge is 0.238 e. The third kappa shape index (κ3) is 5.02. The Bertz CT molecular complexity index is 826. The van der Waals surface area contributed by atoms with Crippen LogP contribution < -0.4 is 15.4 Å². The van der Waals surface area contributed by atoms with Gasteiger partial charge in [-0.3, -0.25) is 4.79 Å². The number of nitrogens with one attached hydrogen (secondary N) is 2. The van der Waals surface area contributed by atoms with Crippen molar-refractivity contribution in [1.29, 1.82) is 0 Å². The molecule has 9 heteroatoms. The van der Waals surface area contributed by atoms with E-state index in [1.165, 1.54) is 6.20 Å². The first kappa shape index (κ1) is 23.0. The van der Waals surface area contributed by atoms with E-state index in [0.29, 0.717) is 21.7 Å². The maximum atomic E-state index is 12.5. The number of hydrogen-bond acceptors (Lipinski definition) is 4. The first-order valence-corrected chi connectivity index (χ1v) is 9.42.